The molecule has 60 valence electrons. The minimum absolute atomic E-state index is 0.199. The molecule has 0 amide bonds. The van der Waals surface area contributed by atoms with Crippen molar-refractivity contribution in [1.82, 2.24) is 0 Å². The van der Waals surface area contributed by atoms with E-state index in [4.69, 9.17) is 10.5 Å². The number of hydrogen-bond acceptors (Lipinski definition) is 3. The molecule has 0 radical (unpaired) electrons. The van der Waals surface area contributed by atoms with Gasteiger partial charge in [-0.2, -0.15) is 0 Å². The van der Waals surface area contributed by atoms with Crippen molar-refractivity contribution >= 4 is 5.97 Å². The van der Waals surface area contributed by atoms with E-state index in [1.54, 1.807) is 20.8 Å². The third-order valence-electron chi connectivity index (χ3n) is 1.17. The Hall–Kier alpha value is -0.570. The van der Waals surface area contributed by atoms with E-state index in [1.165, 1.54) is 0 Å². The normalized spacial score (nSPS) is 11.2. The van der Waals surface area contributed by atoms with Crippen molar-refractivity contribution in [1.29, 1.82) is 0 Å². The molecular formula is C7H15NO2. The Balaban J connectivity index is 3.76. The Morgan fingerprint density at radius 2 is 2.10 bits per heavy atom. The third kappa shape index (κ3) is 3.45. The van der Waals surface area contributed by atoms with Gasteiger partial charge in [0.25, 0.3) is 0 Å². The second kappa shape index (κ2) is 3.56. The Morgan fingerprint density at radius 1 is 1.60 bits per heavy atom. The second-order valence-electron chi connectivity index (χ2n) is 2.79. The van der Waals surface area contributed by atoms with Crippen molar-refractivity contribution in [2.45, 2.75) is 32.8 Å². The number of esters is 1. The molecule has 0 aliphatic heterocycles. The van der Waals surface area contributed by atoms with Gasteiger partial charge in [-0.15, -0.1) is 0 Å². The molecule has 2 N–H and O–H groups in total. The van der Waals surface area contributed by atoms with Crippen molar-refractivity contribution in [3.05, 3.63) is 0 Å². The van der Waals surface area contributed by atoms with E-state index in [0.29, 0.717) is 13.0 Å². The lowest BCUT2D eigenvalue weighted by atomic mass is 10.1. The van der Waals surface area contributed by atoms with Gasteiger partial charge < -0.3 is 10.5 Å². The smallest absolute Gasteiger partial charge is 0.306 e. The highest BCUT2D eigenvalue weighted by molar-refractivity contribution is 5.69. The summed E-state index contributed by atoms with van der Waals surface area (Å²) in [6, 6.07) is 0. The summed E-state index contributed by atoms with van der Waals surface area (Å²) < 4.78 is 4.97. The van der Waals surface area contributed by atoms with Crippen molar-refractivity contribution in [2.24, 2.45) is 5.73 Å². The first-order chi connectivity index (χ1) is 4.52. The van der Waals surface area contributed by atoms with E-state index >= 15 is 0 Å². The maximum absolute atomic E-state index is 10.7. The lowest BCUT2D eigenvalue weighted by molar-refractivity contribution is -0.155. The molecule has 3 nitrogen and oxygen atoms in total. The monoisotopic (exact) mass is 145 g/mol. The SMILES string of the molecule is CCC(=O)OC(C)(C)CN. The molecule has 0 saturated carbocycles. The van der Waals surface area contributed by atoms with Crippen LogP contribution in [0.1, 0.15) is 27.2 Å². The molecule has 0 aliphatic rings. The van der Waals surface area contributed by atoms with Crippen LogP contribution in [0.3, 0.4) is 0 Å². The Bertz CT molecular complexity index is 121. The maximum atomic E-state index is 10.7. The molecule has 0 aliphatic carbocycles. The van der Waals surface area contributed by atoms with E-state index in [1.807, 2.05) is 0 Å². The molecule has 0 aromatic heterocycles. The fourth-order valence-electron chi connectivity index (χ4n) is 0.422. The van der Waals surface area contributed by atoms with Gasteiger partial charge in [0, 0.05) is 13.0 Å². The van der Waals surface area contributed by atoms with Crippen LogP contribution in [0.2, 0.25) is 0 Å². The predicted octanol–water partition coefficient (Wildman–Crippen LogP) is 0.677. The number of nitrogens with two attached hydrogens (primary N) is 1. The Morgan fingerprint density at radius 3 is 2.40 bits per heavy atom. The number of carbonyl (C=O) groups is 1. The minimum Gasteiger partial charge on any atom is -0.458 e. The van der Waals surface area contributed by atoms with Gasteiger partial charge in [-0.25, -0.2) is 0 Å². The van der Waals surface area contributed by atoms with Gasteiger partial charge in [-0.3, -0.25) is 4.79 Å². The van der Waals surface area contributed by atoms with E-state index in [2.05, 4.69) is 0 Å². The second-order valence-corrected chi connectivity index (χ2v) is 2.79. The fraction of sp³-hybridized carbons (Fsp3) is 0.857. The lowest BCUT2D eigenvalue weighted by Crippen LogP contribution is -2.36. The van der Waals surface area contributed by atoms with Crippen LogP contribution in [0.5, 0.6) is 0 Å². The summed E-state index contributed by atoms with van der Waals surface area (Å²) in [4.78, 5) is 10.7. The van der Waals surface area contributed by atoms with E-state index in [9.17, 15) is 4.79 Å². The van der Waals surface area contributed by atoms with Crippen LogP contribution >= 0.6 is 0 Å². The number of ether oxygens (including phenoxy) is 1. The first kappa shape index (κ1) is 9.43. The maximum Gasteiger partial charge on any atom is 0.306 e. The highest BCUT2D eigenvalue weighted by Gasteiger charge is 2.19. The third-order valence-corrected chi connectivity index (χ3v) is 1.17. The summed E-state index contributed by atoms with van der Waals surface area (Å²) in [6.45, 7) is 5.70. The van der Waals surface area contributed by atoms with Gasteiger partial charge >= 0.3 is 5.97 Å². The lowest BCUT2D eigenvalue weighted by Gasteiger charge is -2.22. The van der Waals surface area contributed by atoms with Crippen LogP contribution in [0.4, 0.5) is 0 Å². The molecule has 0 unspecified atom stereocenters. The van der Waals surface area contributed by atoms with E-state index in [0.717, 1.165) is 0 Å². The Labute approximate surface area is 61.5 Å². The van der Waals surface area contributed by atoms with Crippen molar-refractivity contribution < 1.29 is 9.53 Å². The van der Waals surface area contributed by atoms with Crippen LogP contribution in [-0.4, -0.2) is 18.1 Å². The molecule has 0 fully saturated rings. The van der Waals surface area contributed by atoms with Crippen LogP contribution in [0.25, 0.3) is 0 Å². The quantitative estimate of drug-likeness (QED) is 0.594. The van der Waals surface area contributed by atoms with E-state index < -0.39 is 5.60 Å². The molecular weight excluding hydrogens is 130 g/mol. The van der Waals surface area contributed by atoms with Crippen molar-refractivity contribution in [3.63, 3.8) is 0 Å². The van der Waals surface area contributed by atoms with Crippen LogP contribution in [0, 0.1) is 0 Å². The number of rotatable bonds is 3. The van der Waals surface area contributed by atoms with Crippen LogP contribution in [0.15, 0.2) is 0 Å². The average molecular weight is 145 g/mol. The summed E-state index contributed by atoms with van der Waals surface area (Å²) in [5.74, 6) is -0.199. The summed E-state index contributed by atoms with van der Waals surface area (Å²) in [5.41, 5.74) is 4.83. The minimum atomic E-state index is -0.507. The molecule has 0 rings (SSSR count). The van der Waals surface area contributed by atoms with Gasteiger partial charge in [0.15, 0.2) is 0 Å². The van der Waals surface area contributed by atoms with Gasteiger partial charge in [-0.05, 0) is 13.8 Å². The number of hydrogen-bond donors (Lipinski definition) is 1. The zero-order valence-electron chi connectivity index (χ0n) is 6.81. The van der Waals surface area contributed by atoms with Gasteiger partial charge in [-0.1, -0.05) is 6.92 Å². The summed E-state index contributed by atoms with van der Waals surface area (Å²) in [6.07, 6.45) is 0.406. The average Bonchev–Trinajstić information content (AvgIpc) is 1.87. The molecule has 0 saturated heterocycles. The zero-order chi connectivity index (χ0) is 8.20. The topological polar surface area (TPSA) is 52.3 Å². The summed E-state index contributed by atoms with van der Waals surface area (Å²) >= 11 is 0. The molecule has 0 aromatic rings. The fourth-order valence-corrected chi connectivity index (χ4v) is 0.422. The molecule has 3 heteroatoms. The zero-order valence-corrected chi connectivity index (χ0v) is 6.81. The van der Waals surface area contributed by atoms with Gasteiger partial charge in [0.1, 0.15) is 5.60 Å². The molecule has 0 bridgehead atoms. The van der Waals surface area contributed by atoms with Gasteiger partial charge in [0.05, 0.1) is 0 Å². The standard InChI is InChI=1S/C7H15NO2/c1-4-6(9)10-7(2,3)5-8/h4-5,8H2,1-3H3. The summed E-state index contributed by atoms with van der Waals surface area (Å²) in [7, 11) is 0. The highest BCUT2D eigenvalue weighted by atomic mass is 16.6. The molecule has 0 heterocycles. The Kier molecular flexibility index (Phi) is 3.36. The highest BCUT2D eigenvalue weighted by Crippen LogP contribution is 2.07. The van der Waals surface area contributed by atoms with Gasteiger partial charge in [0.2, 0.25) is 0 Å². The van der Waals surface area contributed by atoms with E-state index in [-0.39, 0.29) is 5.97 Å². The summed E-state index contributed by atoms with van der Waals surface area (Å²) in [5, 5.41) is 0. The van der Waals surface area contributed by atoms with Crippen LogP contribution in [-0.2, 0) is 9.53 Å². The molecule has 0 aromatic carbocycles. The first-order valence-corrected chi connectivity index (χ1v) is 3.43. The van der Waals surface area contributed by atoms with Crippen molar-refractivity contribution in [2.75, 3.05) is 6.54 Å². The van der Waals surface area contributed by atoms with Crippen molar-refractivity contribution in [3.8, 4) is 0 Å². The van der Waals surface area contributed by atoms with Crippen LogP contribution < -0.4 is 5.73 Å². The first-order valence-electron chi connectivity index (χ1n) is 3.43. The number of carbonyl (C=O) groups excluding carboxylic acids is 1. The largest absolute Gasteiger partial charge is 0.458 e. The molecule has 0 spiro atoms. The molecule has 0 atom stereocenters. The predicted molar refractivity (Wildman–Crippen MR) is 39.5 cm³/mol. The molecule has 10 heavy (non-hydrogen) atoms.